The third-order valence-electron chi connectivity index (χ3n) is 31.0. The maximum Gasteiger partial charge on any atom is 0.136 e. The van der Waals surface area contributed by atoms with Gasteiger partial charge >= 0.3 is 0 Å². The van der Waals surface area contributed by atoms with E-state index in [1.165, 1.54) is 172 Å². The normalized spacial score (nSPS) is 22.4. The van der Waals surface area contributed by atoms with Gasteiger partial charge < -0.3 is 23.4 Å². The van der Waals surface area contributed by atoms with Crippen LogP contribution in [-0.4, -0.2) is 9.13 Å². The van der Waals surface area contributed by atoms with Crippen molar-refractivity contribution < 1.29 is 4.42 Å². The van der Waals surface area contributed by atoms with Crippen molar-refractivity contribution in [3.05, 3.63) is 374 Å². The van der Waals surface area contributed by atoms with Crippen LogP contribution in [0.3, 0.4) is 0 Å². The summed E-state index contributed by atoms with van der Waals surface area (Å²) in [5.74, 6) is 0.925. The number of para-hydroxylation sites is 2. The number of hydrogen-bond acceptors (Lipinski definition) is 3. The van der Waals surface area contributed by atoms with Crippen LogP contribution < -0.4 is 9.80 Å². The molecule has 6 unspecified atom stereocenters. The first-order valence-electron chi connectivity index (χ1n) is 45.1. The molecule has 0 N–H and O–H groups in total. The van der Waals surface area contributed by atoms with Crippen LogP contribution in [0.2, 0.25) is 0 Å². The highest BCUT2D eigenvalue weighted by Gasteiger charge is 2.60. The van der Waals surface area contributed by atoms with E-state index in [2.05, 4.69) is 409 Å². The van der Waals surface area contributed by atoms with Crippen LogP contribution in [0.15, 0.2) is 306 Å². The third kappa shape index (κ3) is 10.2. The van der Waals surface area contributed by atoms with Crippen molar-refractivity contribution in [2.75, 3.05) is 9.80 Å². The monoisotopic (exact) mass is 1580 g/mol. The Morgan fingerprint density at radius 3 is 1.87 bits per heavy atom. The summed E-state index contributed by atoms with van der Waals surface area (Å²) in [7, 11) is 0. The van der Waals surface area contributed by atoms with Crippen LogP contribution in [0.1, 0.15) is 221 Å². The maximum atomic E-state index is 7.79. The van der Waals surface area contributed by atoms with Crippen molar-refractivity contribution in [2.45, 2.75) is 181 Å². The smallest absolute Gasteiger partial charge is 0.136 e. The van der Waals surface area contributed by atoms with Crippen molar-refractivity contribution in [1.29, 1.82) is 0 Å². The zero-order valence-electron chi connectivity index (χ0n) is 73.6. The minimum Gasteiger partial charge on any atom is -0.456 e. The highest BCUT2D eigenvalue weighted by atomic mass is 16.3. The molecule has 0 amide bonds. The Labute approximate surface area is 718 Å². The fraction of sp³-hybridized carbons (Fsp3) is 0.282. The van der Waals surface area contributed by atoms with Crippen molar-refractivity contribution in [3.63, 3.8) is 0 Å². The molecule has 8 bridgehead atoms. The number of hydrogen-bond donors (Lipinski definition) is 0. The highest BCUT2D eigenvalue weighted by Crippen LogP contribution is 2.70. The average Bonchev–Trinajstić information content (AvgIpc) is 1.49. The van der Waals surface area contributed by atoms with Gasteiger partial charge in [-0.15, -0.1) is 0 Å². The molecular weight excluding hydrogens is 1480 g/mol. The zero-order valence-corrected chi connectivity index (χ0v) is 73.6. The Kier molecular flexibility index (Phi) is 15.1. The van der Waals surface area contributed by atoms with Gasteiger partial charge in [0.15, 0.2) is 0 Å². The molecule has 0 fully saturated rings. The molecule has 5 nitrogen and oxygen atoms in total. The summed E-state index contributed by atoms with van der Waals surface area (Å²) in [4.78, 5) is 5.27. The number of fused-ring (bicyclic) bond motifs is 23. The molecule has 2 spiro atoms. The lowest BCUT2D eigenvalue weighted by atomic mass is 9.57. The summed E-state index contributed by atoms with van der Waals surface area (Å²) in [5, 5.41) is 8.23. The molecule has 11 aromatic carbocycles. The number of furan rings is 1. The summed E-state index contributed by atoms with van der Waals surface area (Å²) in [6.45, 7) is 38.7. The van der Waals surface area contributed by atoms with Gasteiger partial charge in [0.05, 0.1) is 38.8 Å². The lowest BCUT2D eigenvalue weighted by Gasteiger charge is -2.49. The zero-order chi connectivity index (χ0) is 83.3. The molecule has 9 heterocycles. The van der Waals surface area contributed by atoms with E-state index in [0.717, 1.165) is 71.1 Å². The standard InChI is InChI=1S/C117H108N4O/c1-110(2,3)72-35-45-78(46-36-72)118(80-43-33-68-25-17-19-27-70(68)53-80)82-59-92-88-65-106-90(63-104(88)120-102-31-23-21-29-98(102)116(100(61-82)108(92)120)94-49-39-74(111(4,5)6)55-84(94)85-56-75(112(7,8)9)40-50-95(85)116)91-64-105-89(66-107(91)122-106)93-60-83-62-101-109(93)121(105)103-32-24-22-30-99(103)117(101)96-51-41-76(113(10,11)12)57-86(96)87-58-77(42-52-97(87)117)115(15,16)67-114(13,14)73-37-47-79(48-38-73)119(83)81-44-34-69-26-18-20-28-71(69)54-81/h17-39,41-52,54-57,59-60,62-66,70,75,77,100H,40,53,58,61,67H2,1-16H3. The first-order valence-corrected chi connectivity index (χ1v) is 45.1. The van der Waals surface area contributed by atoms with E-state index in [4.69, 9.17) is 4.42 Å². The molecule has 27 rings (SSSR count). The van der Waals surface area contributed by atoms with Crippen LogP contribution in [0, 0.1) is 28.6 Å². The van der Waals surface area contributed by atoms with Crippen LogP contribution in [0.4, 0.5) is 22.7 Å². The summed E-state index contributed by atoms with van der Waals surface area (Å²) in [6.07, 6.45) is 32.0. The topological polar surface area (TPSA) is 29.5 Å². The Bertz CT molecular complexity index is 7340. The Morgan fingerprint density at radius 2 is 1.14 bits per heavy atom. The van der Waals surface area contributed by atoms with Gasteiger partial charge in [-0.05, 0) is 273 Å². The Balaban J connectivity index is 0.794. The molecule has 0 saturated heterocycles. The molecule has 0 radical (unpaired) electrons. The van der Waals surface area contributed by atoms with Gasteiger partial charge in [-0.25, -0.2) is 0 Å². The summed E-state index contributed by atoms with van der Waals surface area (Å²) in [5.41, 5.74) is 38.4. The van der Waals surface area contributed by atoms with Crippen molar-refractivity contribution in [3.8, 4) is 11.4 Å². The highest BCUT2D eigenvalue weighted by molar-refractivity contribution is 6.21. The fourth-order valence-electron chi connectivity index (χ4n) is 24.9. The maximum absolute atomic E-state index is 7.79. The van der Waals surface area contributed by atoms with Crippen molar-refractivity contribution in [2.24, 2.45) is 28.6 Å². The number of benzene rings is 11. The minimum absolute atomic E-state index is 0.0166. The molecule has 602 valence electrons. The summed E-state index contributed by atoms with van der Waals surface area (Å²) >= 11 is 0. The molecule has 7 aliphatic carbocycles. The van der Waals surface area contributed by atoms with Crippen LogP contribution >= 0.6 is 0 Å². The SMILES string of the molecule is CC(C)(C)c1ccc(N(C2=CC=C3C=CC=CC3C2)C2=Cc3c4n(c5cc6c(cc35)oc3cc5c7cc8cc9c7n(c5cc36)-c3ccccc3C93C5=C(CC(C=C5)C(C)(C)CC(C)(C)c5ccc(cc5)N8c5ccc6ccccc6c5)c5cc(C(C)(C)C)ccc53)-c3ccccc3C3(C5=CCC(C(C)(C)C)C=C5c5cc(C(C)(C)C)ccc53)C4C2)cc1. The van der Waals surface area contributed by atoms with Gasteiger partial charge in [-0.2, -0.15) is 0 Å². The molecule has 13 aliphatic rings. The van der Waals surface area contributed by atoms with E-state index >= 15 is 0 Å². The molecule has 3 aromatic heterocycles. The number of aromatic nitrogens is 2. The molecule has 122 heavy (non-hydrogen) atoms. The minimum atomic E-state index is -0.687. The lowest BCUT2D eigenvalue weighted by molar-refractivity contribution is 0.189. The first-order chi connectivity index (χ1) is 58.4. The van der Waals surface area contributed by atoms with E-state index < -0.39 is 10.8 Å². The van der Waals surface area contributed by atoms with Gasteiger partial charge in [0.2, 0.25) is 0 Å². The molecule has 6 atom stereocenters. The van der Waals surface area contributed by atoms with Gasteiger partial charge in [-0.3, -0.25) is 0 Å². The van der Waals surface area contributed by atoms with Gasteiger partial charge in [0.1, 0.15) is 11.2 Å². The van der Waals surface area contributed by atoms with E-state index in [9.17, 15) is 0 Å². The van der Waals surface area contributed by atoms with E-state index in [1.807, 2.05) is 0 Å². The number of allylic oxidation sites excluding steroid dienone is 17. The lowest BCUT2D eigenvalue weighted by Crippen LogP contribution is -2.43. The van der Waals surface area contributed by atoms with Gasteiger partial charge in [-0.1, -0.05) is 293 Å². The van der Waals surface area contributed by atoms with Crippen LogP contribution in [0.25, 0.3) is 94.0 Å². The number of rotatable bonds is 4. The molecule has 6 aliphatic heterocycles. The second-order valence-corrected chi connectivity index (χ2v) is 43.1. The number of anilines is 4. The third-order valence-corrected chi connectivity index (χ3v) is 31.0. The second kappa shape index (κ2) is 24.9. The average molecular weight is 1590 g/mol. The molecule has 5 heteroatoms. The Morgan fingerprint density at radius 1 is 0.484 bits per heavy atom. The largest absolute Gasteiger partial charge is 0.456 e. The quantitative estimate of drug-likeness (QED) is 0.176. The van der Waals surface area contributed by atoms with E-state index in [0.29, 0.717) is 11.8 Å². The van der Waals surface area contributed by atoms with Gasteiger partial charge in [0, 0.05) is 84.2 Å². The van der Waals surface area contributed by atoms with E-state index in [1.54, 1.807) is 0 Å². The predicted octanol–water partition coefficient (Wildman–Crippen LogP) is 30.8. The van der Waals surface area contributed by atoms with Crippen molar-refractivity contribution in [1.82, 2.24) is 9.13 Å². The van der Waals surface area contributed by atoms with Gasteiger partial charge in [0.25, 0.3) is 0 Å². The van der Waals surface area contributed by atoms with Crippen molar-refractivity contribution >= 4 is 105 Å². The van der Waals surface area contributed by atoms with E-state index in [-0.39, 0.29) is 44.3 Å². The fourth-order valence-corrected chi connectivity index (χ4v) is 24.9. The summed E-state index contributed by atoms with van der Waals surface area (Å²) < 4.78 is 13.2. The Hall–Kier alpha value is -11.9. The predicted molar refractivity (Wildman–Crippen MR) is 513 cm³/mol. The van der Waals surface area contributed by atoms with Crippen LogP contribution in [0.5, 0.6) is 0 Å². The molecule has 0 saturated carbocycles. The molecule has 14 aromatic rings. The number of nitrogens with zero attached hydrogens (tertiary/aromatic N) is 4. The molecular formula is C117H108N4O. The summed E-state index contributed by atoms with van der Waals surface area (Å²) in [6, 6.07) is 84.9. The second-order valence-electron chi connectivity index (χ2n) is 43.1. The van der Waals surface area contributed by atoms with Crippen LogP contribution in [-0.2, 0) is 32.5 Å². The first kappa shape index (κ1) is 74.0.